The number of anilines is 1. The molecular weight excluding hydrogens is 298 g/mol. The molecule has 1 N–H and O–H groups in total. The largest absolute Gasteiger partial charge is 0.486 e. The molecule has 0 radical (unpaired) electrons. The lowest BCUT2D eigenvalue weighted by Gasteiger charge is -2.18. The van der Waals surface area contributed by atoms with E-state index in [0.29, 0.717) is 19.0 Å². The number of hydrogen-bond acceptors (Lipinski definition) is 4. The molecule has 0 saturated heterocycles. The number of aryl methyl sites for hydroxylation is 1. The molecule has 1 heterocycles. The van der Waals surface area contributed by atoms with Gasteiger partial charge in [0.05, 0.1) is 5.75 Å². The highest BCUT2D eigenvalue weighted by atomic mass is 32.2. The third-order valence-electron chi connectivity index (χ3n) is 3.19. The van der Waals surface area contributed by atoms with E-state index in [4.69, 9.17) is 9.47 Å². The van der Waals surface area contributed by atoms with Crippen molar-refractivity contribution < 1.29 is 14.3 Å². The Morgan fingerprint density at radius 2 is 1.95 bits per heavy atom. The SMILES string of the molecule is Cc1cccc(NC(=O)CSc2ccc3c(c2)OCCO3)c1. The van der Waals surface area contributed by atoms with Crippen LogP contribution in [0.5, 0.6) is 11.5 Å². The summed E-state index contributed by atoms with van der Waals surface area (Å²) < 4.78 is 11.0. The highest BCUT2D eigenvalue weighted by Gasteiger charge is 2.12. The van der Waals surface area contributed by atoms with Crippen molar-refractivity contribution in [2.75, 3.05) is 24.3 Å². The summed E-state index contributed by atoms with van der Waals surface area (Å²) in [6, 6.07) is 13.5. The standard InChI is InChI=1S/C17H17NO3S/c1-12-3-2-4-13(9-12)18-17(19)11-22-14-5-6-15-16(10-14)21-8-7-20-15/h2-6,9-10H,7-8,11H2,1H3,(H,18,19). The predicted octanol–water partition coefficient (Wildman–Crippen LogP) is 3.50. The number of ether oxygens (including phenoxy) is 2. The molecule has 0 bridgehead atoms. The van der Waals surface area contributed by atoms with Gasteiger partial charge in [-0.2, -0.15) is 0 Å². The van der Waals surface area contributed by atoms with Crippen LogP contribution in [0.2, 0.25) is 0 Å². The zero-order valence-electron chi connectivity index (χ0n) is 12.3. The van der Waals surface area contributed by atoms with Crippen LogP contribution in [0.1, 0.15) is 5.56 Å². The number of benzene rings is 2. The Balaban J connectivity index is 1.57. The van der Waals surface area contributed by atoms with Crippen LogP contribution in [0.15, 0.2) is 47.4 Å². The first-order valence-electron chi connectivity index (χ1n) is 7.10. The summed E-state index contributed by atoms with van der Waals surface area (Å²) in [5.74, 6) is 1.84. The van der Waals surface area contributed by atoms with Crippen molar-refractivity contribution in [1.82, 2.24) is 0 Å². The number of carbonyl (C=O) groups excluding carboxylic acids is 1. The highest BCUT2D eigenvalue weighted by molar-refractivity contribution is 8.00. The zero-order chi connectivity index (χ0) is 15.4. The molecule has 0 aromatic heterocycles. The lowest BCUT2D eigenvalue weighted by atomic mass is 10.2. The van der Waals surface area contributed by atoms with Crippen LogP contribution in [0.3, 0.4) is 0 Å². The summed E-state index contributed by atoms with van der Waals surface area (Å²) in [7, 11) is 0. The van der Waals surface area contributed by atoms with Crippen molar-refractivity contribution in [3.05, 3.63) is 48.0 Å². The molecule has 0 fully saturated rings. The molecule has 22 heavy (non-hydrogen) atoms. The van der Waals surface area contributed by atoms with Crippen molar-refractivity contribution in [3.8, 4) is 11.5 Å². The third-order valence-corrected chi connectivity index (χ3v) is 4.18. The number of rotatable bonds is 4. The van der Waals surface area contributed by atoms with E-state index in [2.05, 4.69) is 5.32 Å². The van der Waals surface area contributed by atoms with E-state index in [1.165, 1.54) is 11.8 Å². The van der Waals surface area contributed by atoms with Gasteiger partial charge in [0.15, 0.2) is 11.5 Å². The molecule has 3 rings (SSSR count). The first kappa shape index (κ1) is 14.8. The summed E-state index contributed by atoms with van der Waals surface area (Å²) in [4.78, 5) is 13.0. The smallest absolute Gasteiger partial charge is 0.234 e. The van der Waals surface area contributed by atoms with Gasteiger partial charge in [-0.1, -0.05) is 12.1 Å². The fraction of sp³-hybridized carbons (Fsp3) is 0.235. The van der Waals surface area contributed by atoms with Crippen molar-refractivity contribution in [3.63, 3.8) is 0 Å². The molecular formula is C17H17NO3S. The fourth-order valence-corrected chi connectivity index (χ4v) is 2.91. The van der Waals surface area contributed by atoms with Crippen molar-refractivity contribution in [2.24, 2.45) is 0 Å². The molecule has 0 atom stereocenters. The van der Waals surface area contributed by atoms with Crippen LogP contribution >= 0.6 is 11.8 Å². The molecule has 0 unspecified atom stereocenters. The van der Waals surface area contributed by atoms with Crippen molar-refractivity contribution >= 4 is 23.4 Å². The Hall–Kier alpha value is -2.14. The molecule has 4 nitrogen and oxygen atoms in total. The second kappa shape index (κ2) is 6.75. The van der Waals surface area contributed by atoms with Gasteiger partial charge in [-0.25, -0.2) is 0 Å². The average molecular weight is 315 g/mol. The van der Waals surface area contributed by atoms with Crippen LogP contribution in [0.4, 0.5) is 5.69 Å². The summed E-state index contributed by atoms with van der Waals surface area (Å²) in [5.41, 5.74) is 1.95. The number of amides is 1. The van der Waals surface area contributed by atoms with E-state index < -0.39 is 0 Å². The molecule has 1 amide bonds. The minimum atomic E-state index is -0.0227. The topological polar surface area (TPSA) is 47.6 Å². The molecule has 2 aromatic carbocycles. The quantitative estimate of drug-likeness (QED) is 0.877. The van der Waals surface area contributed by atoms with Gasteiger partial charge in [-0.05, 0) is 42.8 Å². The van der Waals surface area contributed by atoms with Gasteiger partial charge in [0.2, 0.25) is 5.91 Å². The van der Waals surface area contributed by atoms with Crippen LogP contribution in [-0.4, -0.2) is 24.9 Å². The molecule has 0 aliphatic carbocycles. The Kier molecular flexibility index (Phi) is 4.53. The lowest BCUT2D eigenvalue weighted by molar-refractivity contribution is -0.113. The van der Waals surface area contributed by atoms with Crippen molar-refractivity contribution in [1.29, 1.82) is 0 Å². The van der Waals surface area contributed by atoms with E-state index in [9.17, 15) is 4.79 Å². The van der Waals surface area contributed by atoms with Gasteiger partial charge in [-0.3, -0.25) is 4.79 Å². The predicted molar refractivity (Wildman–Crippen MR) is 88.0 cm³/mol. The molecule has 5 heteroatoms. The van der Waals surface area contributed by atoms with Crippen LogP contribution < -0.4 is 14.8 Å². The molecule has 0 saturated carbocycles. The second-order valence-corrected chi connectivity index (χ2v) is 6.06. The van der Waals surface area contributed by atoms with Crippen LogP contribution in [0.25, 0.3) is 0 Å². The number of carbonyl (C=O) groups is 1. The fourth-order valence-electron chi connectivity index (χ4n) is 2.18. The van der Waals surface area contributed by atoms with Gasteiger partial charge in [0.25, 0.3) is 0 Å². The maximum Gasteiger partial charge on any atom is 0.234 e. The lowest BCUT2D eigenvalue weighted by Crippen LogP contribution is -2.15. The van der Waals surface area contributed by atoms with Gasteiger partial charge < -0.3 is 14.8 Å². The molecule has 0 spiro atoms. The summed E-state index contributed by atoms with van der Waals surface area (Å²) in [6.45, 7) is 3.15. The minimum absolute atomic E-state index is 0.0227. The van der Waals surface area contributed by atoms with E-state index >= 15 is 0 Å². The normalized spacial score (nSPS) is 12.8. The monoisotopic (exact) mass is 315 g/mol. The van der Waals surface area contributed by atoms with Crippen LogP contribution in [0, 0.1) is 6.92 Å². The maximum absolute atomic E-state index is 12.0. The van der Waals surface area contributed by atoms with Gasteiger partial charge >= 0.3 is 0 Å². The Labute approximate surface area is 133 Å². The molecule has 2 aromatic rings. The first-order chi connectivity index (χ1) is 10.7. The number of nitrogens with one attached hydrogen (secondary N) is 1. The van der Waals surface area contributed by atoms with E-state index in [1.807, 2.05) is 49.4 Å². The summed E-state index contributed by atoms with van der Waals surface area (Å²) >= 11 is 1.48. The van der Waals surface area contributed by atoms with E-state index in [-0.39, 0.29) is 5.91 Å². The molecule has 1 aliphatic rings. The second-order valence-electron chi connectivity index (χ2n) is 5.01. The highest BCUT2D eigenvalue weighted by Crippen LogP contribution is 2.34. The van der Waals surface area contributed by atoms with E-state index in [1.54, 1.807) is 0 Å². The van der Waals surface area contributed by atoms with Crippen molar-refractivity contribution in [2.45, 2.75) is 11.8 Å². The molecule has 1 aliphatic heterocycles. The number of fused-ring (bicyclic) bond motifs is 1. The van der Waals surface area contributed by atoms with E-state index in [0.717, 1.165) is 27.6 Å². The number of thioether (sulfide) groups is 1. The maximum atomic E-state index is 12.0. The number of hydrogen-bond donors (Lipinski definition) is 1. The third kappa shape index (κ3) is 3.74. The van der Waals surface area contributed by atoms with Gasteiger partial charge in [0.1, 0.15) is 13.2 Å². The first-order valence-corrected chi connectivity index (χ1v) is 8.08. The minimum Gasteiger partial charge on any atom is -0.486 e. The van der Waals surface area contributed by atoms with Gasteiger partial charge in [-0.15, -0.1) is 11.8 Å². The van der Waals surface area contributed by atoms with Gasteiger partial charge in [0, 0.05) is 10.6 Å². The summed E-state index contributed by atoms with van der Waals surface area (Å²) in [6.07, 6.45) is 0. The Morgan fingerprint density at radius 3 is 2.77 bits per heavy atom. The Morgan fingerprint density at radius 1 is 1.14 bits per heavy atom. The molecule has 114 valence electrons. The summed E-state index contributed by atoms with van der Waals surface area (Å²) in [5, 5.41) is 2.90. The van der Waals surface area contributed by atoms with Crippen LogP contribution in [-0.2, 0) is 4.79 Å². The average Bonchev–Trinajstić information content (AvgIpc) is 2.53. The Bertz CT molecular complexity index is 687. The zero-order valence-corrected chi connectivity index (χ0v) is 13.1.